The predicted molar refractivity (Wildman–Crippen MR) is 171 cm³/mol. The fraction of sp³-hybridized carbons (Fsp3) is 0.0541. The zero-order valence-corrected chi connectivity index (χ0v) is 29.7. The number of aromatic nitrogens is 2. The van der Waals surface area contributed by atoms with Crippen molar-refractivity contribution < 1.29 is 102 Å². The lowest BCUT2D eigenvalue weighted by atomic mass is 9.12. The van der Waals surface area contributed by atoms with E-state index in [0.717, 1.165) is 5.56 Å². The minimum absolute atomic E-state index is 0.313. The minimum Gasteiger partial charge on any atom is -0.465 e. The predicted octanol–water partition coefficient (Wildman–Crippen LogP) is 7.05. The van der Waals surface area contributed by atoms with Gasteiger partial charge in [0.1, 0.15) is 52.7 Å². The number of hydrogen-bond acceptors (Lipinski definition) is 3. The molecule has 6 aromatic rings. The number of carbonyl (C=O) groups excluding carboxylic acids is 1. The molecule has 0 atom stereocenters. The van der Waals surface area contributed by atoms with Gasteiger partial charge in [0.25, 0.3) is 0 Å². The highest BCUT2D eigenvalue weighted by Gasteiger charge is 2.52. The van der Waals surface area contributed by atoms with E-state index >= 15 is 35.1 Å². The van der Waals surface area contributed by atoms with Gasteiger partial charge in [-0.15, -0.1) is 21.9 Å². The Morgan fingerprint density at radius 1 is 0.468 bits per heavy atom. The van der Waals surface area contributed by atoms with Crippen molar-refractivity contribution in [2.45, 2.75) is 6.54 Å². The number of esters is 1. The SMILES string of the molecule is COC(=O)c1cccc(C[n+]2ccncc2)c1.Fc1c(F)c(F)c([B-](c2c(F)c(F)c(F)c(F)c2F)(c2c(F)c(F)c(F)c(F)c2F)c2c(F)c(F)c(F)c(F)c2F)c(F)c1F. The van der Waals surface area contributed by atoms with Gasteiger partial charge < -0.3 is 4.74 Å². The van der Waals surface area contributed by atoms with Crippen LogP contribution in [0.2, 0.25) is 0 Å². The zero-order valence-electron chi connectivity index (χ0n) is 29.7. The summed E-state index contributed by atoms with van der Waals surface area (Å²) in [5, 5.41) is 0. The van der Waals surface area contributed by atoms with Gasteiger partial charge in [0.15, 0.2) is 88.7 Å². The molecule has 0 aliphatic carbocycles. The minimum atomic E-state index is -7.22. The molecule has 0 aliphatic heterocycles. The Morgan fingerprint density at radius 2 is 0.742 bits per heavy atom. The topological polar surface area (TPSA) is 43.1 Å². The number of carbonyl (C=O) groups is 1. The van der Waals surface area contributed by atoms with Crippen molar-refractivity contribution in [1.82, 2.24) is 4.98 Å². The van der Waals surface area contributed by atoms with Crippen LogP contribution in [0.15, 0.2) is 49.1 Å². The third kappa shape index (κ3) is 7.31. The Bertz CT molecular complexity index is 2410. The summed E-state index contributed by atoms with van der Waals surface area (Å²) in [6.07, 6.45) is -0.00479. The molecule has 6 rings (SSSR count). The number of methoxy groups -OCH3 is 1. The lowest BCUT2D eigenvalue weighted by Crippen LogP contribution is -2.81. The van der Waals surface area contributed by atoms with Gasteiger partial charge in [0.05, 0.1) is 25.1 Å². The highest BCUT2D eigenvalue weighted by atomic mass is 19.2. The van der Waals surface area contributed by atoms with Gasteiger partial charge >= 0.3 is 5.97 Å². The van der Waals surface area contributed by atoms with E-state index in [-0.39, 0.29) is 5.97 Å². The first kappa shape index (κ1) is 46.4. The van der Waals surface area contributed by atoms with Gasteiger partial charge in [-0.3, -0.25) is 4.98 Å². The van der Waals surface area contributed by atoms with Crippen LogP contribution >= 0.6 is 0 Å². The second-order valence-corrected chi connectivity index (χ2v) is 12.4. The number of ether oxygens (including phenoxy) is 1. The summed E-state index contributed by atoms with van der Waals surface area (Å²) in [4.78, 5) is 15.3. The highest BCUT2D eigenvalue weighted by Crippen LogP contribution is 2.30. The first-order chi connectivity index (χ1) is 29.0. The molecule has 4 nitrogen and oxygen atoms in total. The molecule has 0 N–H and O–H groups in total. The Labute approximate surface area is 331 Å². The number of benzene rings is 5. The Morgan fingerprint density at radius 3 is 1.02 bits per heavy atom. The number of nitrogens with zero attached hydrogens (tertiary/aromatic N) is 2. The van der Waals surface area contributed by atoms with Crippen LogP contribution in [0.5, 0.6) is 0 Å². The van der Waals surface area contributed by atoms with E-state index in [9.17, 15) is 57.5 Å². The third-order valence-corrected chi connectivity index (χ3v) is 9.11. The van der Waals surface area contributed by atoms with E-state index in [1.54, 1.807) is 18.5 Å². The summed E-state index contributed by atoms with van der Waals surface area (Å²) in [6, 6.07) is 7.40. The van der Waals surface area contributed by atoms with Crippen LogP contribution in [-0.2, 0) is 11.3 Å². The van der Waals surface area contributed by atoms with Crippen LogP contribution in [0.25, 0.3) is 0 Å². The summed E-state index contributed by atoms with van der Waals surface area (Å²) in [5.74, 6) is -71.7. The lowest BCUT2D eigenvalue weighted by Gasteiger charge is -2.44. The van der Waals surface area contributed by atoms with Gasteiger partial charge in [0, 0.05) is 5.56 Å². The molecule has 0 spiro atoms. The molecule has 0 fully saturated rings. The smallest absolute Gasteiger partial charge is 0.337 e. The van der Waals surface area contributed by atoms with E-state index < -0.39 is 144 Å². The van der Waals surface area contributed by atoms with Crippen LogP contribution < -0.4 is 26.4 Å². The maximum Gasteiger partial charge on any atom is 0.337 e. The number of halogens is 20. The fourth-order valence-corrected chi connectivity index (χ4v) is 6.45. The normalized spacial score (nSPS) is 11.4. The van der Waals surface area contributed by atoms with Gasteiger partial charge in [-0.2, -0.15) is 4.57 Å². The molecule has 0 amide bonds. The van der Waals surface area contributed by atoms with Crippen molar-refractivity contribution in [2.24, 2.45) is 0 Å². The second kappa shape index (κ2) is 17.4. The molecule has 0 saturated heterocycles. The van der Waals surface area contributed by atoms with Crippen LogP contribution in [0.3, 0.4) is 0 Å². The Hall–Kier alpha value is -6.69. The monoisotopic (exact) mass is 908 g/mol. The molecule has 326 valence electrons. The molecule has 0 aliphatic rings. The molecule has 0 unspecified atom stereocenters. The molecule has 0 bridgehead atoms. The quantitative estimate of drug-likeness (QED) is 0.0431. The maximum absolute atomic E-state index is 15.4. The summed E-state index contributed by atoms with van der Waals surface area (Å²) in [6.45, 7) is 0.702. The zero-order chi connectivity index (χ0) is 46.4. The van der Waals surface area contributed by atoms with Crippen molar-refractivity contribution in [3.05, 3.63) is 177 Å². The molecule has 62 heavy (non-hydrogen) atoms. The highest BCUT2D eigenvalue weighted by molar-refractivity contribution is 7.20. The van der Waals surface area contributed by atoms with E-state index in [0.29, 0.717) is 12.1 Å². The van der Waals surface area contributed by atoms with Crippen LogP contribution in [-0.4, -0.2) is 24.2 Å². The van der Waals surface area contributed by atoms with Crippen molar-refractivity contribution in [3.8, 4) is 0 Å². The van der Waals surface area contributed by atoms with E-state index in [4.69, 9.17) is 0 Å². The Balaban J connectivity index is 0.000000355. The molecule has 0 radical (unpaired) electrons. The standard InChI is InChI=1S/C24BF20.C13H13N2O2/c26-5-1(6(27)14(35)21(42)13(5)34)25(2-7(28)15(36)22(43)16(37)8(2)29,3-9(30)17(38)23(44)18(39)10(3)31)4-11(32)19(40)24(45)20(41)12(4)33;1-17-13(16)12-4-2-3-11(9-12)10-15-7-5-14-6-8-15/h;2-9H,10H2,1H3/q-1;+1. The van der Waals surface area contributed by atoms with Crippen LogP contribution in [0, 0.1) is 116 Å². The molecule has 5 aromatic carbocycles. The third-order valence-electron chi connectivity index (χ3n) is 9.11. The summed E-state index contributed by atoms with van der Waals surface area (Å²) >= 11 is 0. The van der Waals surface area contributed by atoms with Crippen LogP contribution in [0.4, 0.5) is 87.8 Å². The molecule has 25 heteroatoms. The van der Waals surface area contributed by atoms with Gasteiger partial charge in [-0.1, -0.05) is 12.1 Å². The summed E-state index contributed by atoms with van der Waals surface area (Å²) in [5.41, 5.74) is -12.7. The Kier molecular flexibility index (Phi) is 13.0. The maximum atomic E-state index is 15.4. The van der Waals surface area contributed by atoms with Crippen molar-refractivity contribution in [2.75, 3.05) is 7.11 Å². The molecular weight excluding hydrogens is 895 g/mol. The fourth-order valence-electron chi connectivity index (χ4n) is 6.45. The molecule has 1 aromatic heterocycles. The van der Waals surface area contributed by atoms with Gasteiger partial charge in [-0.05, 0) is 12.1 Å². The molecule has 1 heterocycles. The first-order valence-corrected chi connectivity index (χ1v) is 16.2. The first-order valence-electron chi connectivity index (χ1n) is 16.2. The largest absolute Gasteiger partial charge is 0.465 e. The number of hydrogen-bond donors (Lipinski definition) is 0. The summed E-state index contributed by atoms with van der Waals surface area (Å²) in [7, 11) is 1.38. The van der Waals surface area contributed by atoms with E-state index in [1.807, 2.05) is 35.2 Å². The second-order valence-electron chi connectivity index (χ2n) is 12.4. The van der Waals surface area contributed by atoms with Crippen LogP contribution in [0.1, 0.15) is 15.9 Å². The van der Waals surface area contributed by atoms with Crippen molar-refractivity contribution in [1.29, 1.82) is 0 Å². The molecular formula is C37H13BF20N2O2. The molecule has 0 saturated carbocycles. The van der Waals surface area contributed by atoms with Gasteiger partial charge in [0.2, 0.25) is 0 Å². The van der Waals surface area contributed by atoms with E-state index in [2.05, 4.69) is 9.72 Å². The van der Waals surface area contributed by atoms with Crippen molar-refractivity contribution in [3.63, 3.8) is 0 Å². The van der Waals surface area contributed by atoms with Gasteiger partial charge in [-0.25, -0.2) is 92.6 Å². The van der Waals surface area contributed by atoms with Crippen molar-refractivity contribution >= 4 is 34.0 Å². The summed E-state index contributed by atoms with van der Waals surface area (Å²) < 4.78 is 301. The average molecular weight is 908 g/mol. The van der Waals surface area contributed by atoms with E-state index in [1.165, 1.54) is 7.11 Å². The lowest BCUT2D eigenvalue weighted by molar-refractivity contribution is -0.688. The average Bonchev–Trinajstić information content (AvgIpc) is 3.26. The number of rotatable bonds is 7.